The number of aromatic amines is 1. The predicted molar refractivity (Wildman–Crippen MR) is 68.5 cm³/mol. The van der Waals surface area contributed by atoms with Crippen LogP contribution in [0, 0.1) is 0 Å². The van der Waals surface area contributed by atoms with Crippen molar-refractivity contribution >= 4 is 28.6 Å². The minimum absolute atomic E-state index is 0.0501. The fourth-order valence-corrected chi connectivity index (χ4v) is 2.16. The van der Waals surface area contributed by atoms with Crippen LogP contribution in [-0.4, -0.2) is 31.2 Å². The Morgan fingerprint density at radius 2 is 1.94 bits per heavy atom. The van der Waals surface area contributed by atoms with Crippen LogP contribution in [-0.2, 0) is 0 Å². The number of benzene rings is 1. The Morgan fingerprint density at radius 1 is 1.22 bits per heavy atom. The van der Waals surface area contributed by atoms with E-state index in [2.05, 4.69) is 9.98 Å². The number of nitrogens with zero attached hydrogens (tertiary/aromatic N) is 1. The summed E-state index contributed by atoms with van der Waals surface area (Å²) in [6, 6.07) is 3.65. The van der Waals surface area contributed by atoms with Gasteiger partial charge in [-0.3, -0.25) is 9.79 Å². The minimum Gasteiger partial charge on any atom is -0.493 e. The summed E-state index contributed by atoms with van der Waals surface area (Å²) >= 11 is 0. The van der Waals surface area contributed by atoms with E-state index in [1.165, 1.54) is 0 Å². The van der Waals surface area contributed by atoms with Gasteiger partial charge in [-0.2, -0.15) is 0 Å². The molecule has 0 radical (unpaired) electrons. The zero-order valence-electron chi connectivity index (χ0n) is 10.1. The lowest BCUT2D eigenvalue weighted by Gasteiger charge is -2.07. The molecule has 0 atom stereocenters. The molecule has 5 heteroatoms. The second-order valence-corrected chi connectivity index (χ2v) is 4.04. The van der Waals surface area contributed by atoms with Gasteiger partial charge in [-0.1, -0.05) is 0 Å². The van der Waals surface area contributed by atoms with Crippen LogP contribution in [0.3, 0.4) is 0 Å². The highest BCUT2D eigenvalue weighted by atomic mass is 16.5. The molecule has 0 spiro atoms. The Morgan fingerprint density at radius 3 is 2.67 bits per heavy atom. The van der Waals surface area contributed by atoms with E-state index in [0.717, 1.165) is 10.9 Å². The summed E-state index contributed by atoms with van der Waals surface area (Å²) < 4.78 is 10.5. The monoisotopic (exact) mass is 244 g/mol. The molecule has 2 aromatic rings. The van der Waals surface area contributed by atoms with Crippen molar-refractivity contribution in [3.8, 4) is 11.5 Å². The quantitative estimate of drug-likeness (QED) is 0.882. The lowest BCUT2D eigenvalue weighted by molar-refractivity contribution is 0.0997. The van der Waals surface area contributed by atoms with Crippen LogP contribution in [0.5, 0.6) is 11.5 Å². The normalized spacial score (nSPS) is 13.8. The molecule has 0 saturated heterocycles. The second kappa shape index (κ2) is 3.87. The van der Waals surface area contributed by atoms with E-state index in [-0.39, 0.29) is 5.78 Å². The molecular weight excluding hydrogens is 232 g/mol. The molecule has 1 aliphatic heterocycles. The van der Waals surface area contributed by atoms with Gasteiger partial charge >= 0.3 is 0 Å². The maximum absolute atomic E-state index is 11.8. The van der Waals surface area contributed by atoms with Gasteiger partial charge < -0.3 is 14.5 Å². The lowest BCUT2D eigenvalue weighted by atomic mass is 10.1. The Bertz CT molecular complexity index is 670. The lowest BCUT2D eigenvalue weighted by Crippen LogP contribution is -2.03. The number of H-pyrrole nitrogens is 1. The highest BCUT2D eigenvalue weighted by Gasteiger charge is 2.21. The Kier molecular flexibility index (Phi) is 2.33. The van der Waals surface area contributed by atoms with Gasteiger partial charge in [0.1, 0.15) is 5.69 Å². The van der Waals surface area contributed by atoms with Crippen LogP contribution in [0.25, 0.3) is 10.9 Å². The number of ether oxygens (including phenoxy) is 2. The SMILES string of the molecule is COc1cc2[nH]c3c(c2cc1OC)N=CCC3=O. The molecule has 1 aliphatic rings. The summed E-state index contributed by atoms with van der Waals surface area (Å²) in [6.45, 7) is 0. The highest BCUT2D eigenvalue weighted by Crippen LogP contribution is 2.39. The maximum atomic E-state index is 11.8. The average Bonchev–Trinajstić information content (AvgIpc) is 2.76. The first-order chi connectivity index (χ1) is 8.74. The summed E-state index contributed by atoms with van der Waals surface area (Å²) in [5.74, 6) is 1.30. The fourth-order valence-electron chi connectivity index (χ4n) is 2.16. The number of aliphatic imine (C=N–C) groups is 1. The number of hydrogen-bond donors (Lipinski definition) is 1. The largest absolute Gasteiger partial charge is 0.493 e. The molecule has 5 nitrogen and oxygen atoms in total. The molecule has 1 aromatic carbocycles. The van der Waals surface area contributed by atoms with E-state index in [4.69, 9.17) is 9.47 Å². The van der Waals surface area contributed by atoms with E-state index >= 15 is 0 Å². The van der Waals surface area contributed by atoms with Crippen LogP contribution in [0.1, 0.15) is 16.9 Å². The van der Waals surface area contributed by atoms with Crippen molar-refractivity contribution in [3.05, 3.63) is 17.8 Å². The fraction of sp³-hybridized carbons (Fsp3) is 0.231. The van der Waals surface area contributed by atoms with E-state index in [1.807, 2.05) is 12.1 Å². The number of Topliss-reactive ketones (excluding diaryl/α,β-unsaturated/α-hetero) is 1. The molecule has 3 rings (SSSR count). The van der Waals surface area contributed by atoms with Crippen molar-refractivity contribution < 1.29 is 14.3 Å². The number of carbonyl (C=O) groups excluding carboxylic acids is 1. The summed E-state index contributed by atoms with van der Waals surface area (Å²) in [5.41, 5.74) is 2.06. The van der Waals surface area contributed by atoms with Gasteiger partial charge in [0, 0.05) is 24.1 Å². The number of ketones is 1. The molecule has 2 heterocycles. The number of aromatic nitrogens is 1. The zero-order valence-corrected chi connectivity index (χ0v) is 10.1. The zero-order chi connectivity index (χ0) is 12.7. The minimum atomic E-state index is 0.0501. The smallest absolute Gasteiger partial charge is 0.186 e. The third-order valence-corrected chi connectivity index (χ3v) is 3.05. The summed E-state index contributed by atoms with van der Waals surface area (Å²) in [5, 5.41) is 0.868. The molecule has 1 N–H and O–H groups in total. The van der Waals surface area contributed by atoms with Crippen LogP contribution < -0.4 is 9.47 Å². The van der Waals surface area contributed by atoms with Gasteiger partial charge in [0.15, 0.2) is 17.3 Å². The first kappa shape index (κ1) is 10.8. The van der Waals surface area contributed by atoms with Gasteiger partial charge in [0.2, 0.25) is 0 Å². The van der Waals surface area contributed by atoms with E-state index in [9.17, 15) is 4.79 Å². The predicted octanol–water partition coefficient (Wildman–Crippen LogP) is 2.47. The van der Waals surface area contributed by atoms with Gasteiger partial charge in [0.05, 0.1) is 25.4 Å². The second-order valence-electron chi connectivity index (χ2n) is 4.04. The molecule has 18 heavy (non-hydrogen) atoms. The van der Waals surface area contributed by atoms with Crippen LogP contribution in [0.4, 0.5) is 5.69 Å². The summed E-state index contributed by atoms with van der Waals surface area (Å²) in [7, 11) is 3.16. The van der Waals surface area contributed by atoms with E-state index in [0.29, 0.717) is 29.3 Å². The van der Waals surface area contributed by atoms with Crippen molar-refractivity contribution in [2.45, 2.75) is 6.42 Å². The molecule has 0 unspecified atom stereocenters. The van der Waals surface area contributed by atoms with Gasteiger partial charge in [-0.25, -0.2) is 0 Å². The molecule has 0 fully saturated rings. The number of hydrogen-bond acceptors (Lipinski definition) is 4. The highest BCUT2D eigenvalue weighted by molar-refractivity contribution is 6.15. The van der Waals surface area contributed by atoms with Crippen molar-refractivity contribution in [1.29, 1.82) is 0 Å². The Hall–Kier alpha value is -2.30. The van der Waals surface area contributed by atoms with Crippen molar-refractivity contribution in [1.82, 2.24) is 4.98 Å². The first-order valence-electron chi connectivity index (χ1n) is 5.58. The Balaban J connectivity index is 2.33. The summed E-state index contributed by atoms with van der Waals surface area (Å²) in [4.78, 5) is 19.2. The van der Waals surface area contributed by atoms with Crippen LogP contribution in [0.2, 0.25) is 0 Å². The first-order valence-corrected chi connectivity index (χ1v) is 5.58. The molecular formula is C13H12N2O3. The van der Waals surface area contributed by atoms with E-state index in [1.54, 1.807) is 20.4 Å². The van der Waals surface area contributed by atoms with Crippen molar-refractivity contribution in [3.63, 3.8) is 0 Å². The maximum Gasteiger partial charge on any atom is 0.186 e. The number of methoxy groups -OCH3 is 2. The van der Waals surface area contributed by atoms with Gasteiger partial charge in [-0.05, 0) is 6.07 Å². The van der Waals surface area contributed by atoms with Crippen LogP contribution >= 0.6 is 0 Å². The standard InChI is InChI=1S/C13H12N2O3/c1-17-10-5-7-8(6-11(10)18-2)15-13-9(16)3-4-14-12(7)13/h4-6,15H,3H2,1-2H3. The Labute approximate surface area is 103 Å². The molecule has 92 valence electrons. The molecule has 0 saturated carbocycles. The number of nitrogens with one attached hydrogen (secondary N) is 1. The van der Waals surface area contributed by atoms with Gasteiger partial charge in [0.25, 0.3) is 0 Å². The molecule has 0 amide bonds. The average molecular weight is 244 g/mol. The third-order valence-electron chi connectivity index (χ3n) is 3.05. The van der Waals surface area contributed by atoms with Gasteiger partial charge in [-0.15, -0.1) is 0 Å². The number of fused-ring (bicyclic) bond motifs is 3. The number of rotatable bonds is 2. The molecule has 1 aromatic heterocycles. The van der Waals surface area contributed by atoms with Crippen molar-refractivity contribution in [2.75, 3.05) is 14.2 Å². The topological polar surface area (TPSA) is 63.7 Å². The van der Waals surface area contributed by atoms with E-state index < -0.39 is 0 Å². The van der Waals surface area contributed by atoms with Crippen LogP contribution in [0.15, 0.2) is 17.1 Å². The third kappa shape index (κ3) is 1.40. The summed E-state index contributed by atoms with van der Waals surface area (Å²) in [6.07, 6.45) is 1.97. The van der Waals surface area contributed by atoms with Crippen molar-refractivity contribution in [2.24, 2.45) is 4.99 Å². The number of carbonyl (C=O) groups is 1. The molecule has 0 aliphatic carbocycles. The molecule has 0 bridgehead atoms.